The average Bonchev–Trinajstić information content (AvgIpc) is 2.71. The summed E-state index contributed by atoms with van der Waals surface area (Å²) in [5, 5.41) is 3.41. The van der Waals surface area contributed by atoms with Gasteiger partial charge >= 0.3 is 0 Å². The van der Waals surface area contributed by atoms with Crippen LogP contribution in [-0.4, -0.2) is 41.6 Å². The largest absolute Gasteiger partial charge is 0.334 e. The van der Waals surface area contributed by atoms with Gasteiger partial charge in [-0.05, 0) is 38.3 Å². The van der Waals surface area contributed by atoms with Crippen LogP contribution in [0.3, 0.4) is 0 Å². The van der Waals surface area contributed by atoms with Gasteiger partial charge in [-0.15, -0.1) is 0 Å². The molecule has 4 nitrogen and oxygen atoms in total. The van der Waals surface area contributed by atoms with Crippen LogP contribution >= 0.6 is 0 Å². The molecule has 0 aliphatic heterocycles. The van der Waals surface area contributed by atoms with Crippen molar-refractivity contribution in [3.8, 4) is 0 Å². The van der Waals surface area contributed by atoms with Crippen molar-refractivity contribution in [2.75, 3.05) is 27.2 Å². The third kappa shape index (κ3) is 2.54. The van der Waals surface area contributed by atoms with Gasteiger partial charge in [0.1, 0.15) is 0 Å². The van der Waals surface area contributed by atoms with E-state index in [-0.39, 0.29) is 0 Å². The highest BCUT2D eigenvalue weighted by atomic mass is 15.1. The van der Waals surface area contributed by atoms with Crippen LogP contribution in [-0.2, 0) is 7.05 Å². The predicted molar refractivity (Wildman–Crippen MR) is 75.7 cm³/mol. The van der Waals surface area contributed by atoms with Crippen molar-refractivity contribution in [2.45, 2.75) is 13.0 Å². The van der Waals surface area contributed by atoms with Crippen LogP contribution in [0.1, 0.15) is 18.5 Å². The van der Waals surface area contributed by atoms with Gasteiger partial charge in [0, 0.05) is 19.6 Å². The molecule has 1 aromatic carbocycles. The molecule has 1 unspecified atom stereocenters. The van der Waals surface area contributed by atoms with Gasteiger partial charge in [-0.25, -0.2) is 4.98 Å². The molecule has 2 aromatic rings. The van der Waals surface area contributed by atoms with E-state index in [0.29, 0.717) is 6.04 Å². The van der Waals surface area contributed by atoms with E-state index in [1.54, 1.807) is 0 Å². The number of likely N-dealkylation sites (N-methyl/N-ethyl adjacent to an activating group) is 2. The Bertz CT molecular complexity index is 515. The van der Waals surface area contributed by atoms with Crippen LogP contribution in [0, 0.1) is 0 Å². The SMILES string of the molecule is CCNCC(c1ccc2c(c1)ncn2C)N(C)C. The summed E-state index contributed by atoms with van der Waals surface area (Å²) in [6, 6.07) is 6.93. The predicted octanol–water partition coefficient (Wildman–Crippen LogP) is 1.79. The van der Waals surface area contributed by atoms with E-state index in [0.717, 1.165) is 18.6 Å². The van der Waals surface area contributed by atoms with Crippen LogP contribution < -0.4 is 5.32 Å². The Morgan fingerprint density at radius 3 is 2.83 bits per heavy atom. The van der Waals surface area contributed by atoms with Crippen LogP contribution in [0.15, 0.2) is 24.5 Å². The first kappa shape index (κ1) is 13.1. The van der Waals surface area contributed by atoms with Gasteiger partial charge in [-0.2, -0.15) is 0 Å². The summed E-state index contributed by atoms with van der Waals surface area (Å²) >= 11 is 0. The molecule has 0 amide bonds. The maximum Gasteiger partial charge on any atom is 0.0955 e. The number of hydrogen-bond acceptors (Lipinski definition) is 3. The number of benzene rings is 1. The summed E-state index contributed by atoms with van der Waals surface area (Å²) in [4.78, 5) is 6.67. The van der Waals surface area contributed by atoms with Crippen LogP contribution in [0.2, 0.25) is 0 Å². The average molecular weight is 246 g/mol. The normalized spacial score (nSPS) is 13.4. The first-order valence-corrected chi connectivity index (χ1v) is 6.41. The zero-order valence-corrected chi connectivity index (χ0v) is 11.6. The maximum absolute atomic E-state index is 4.42. The second-order valence-corrected chi connectivity index (χ2v) is 4.89. The Morgan fingerprint density at radius 1 is 1.39 bits per heavy atom. The lowest BCUT2D eigenvalue weighted by atomic mass is 10.1. The second-order valence-electron chi connectivity index (χ2n) is 4.89. The van der Waals surface area contributed by atoms with Crippen LogP contribution in [0.25, 0.3) is 11.0 Å². The summed E-state index contributed by atoms with van der Waals surface area (Å²) < 4.78 is 2.05. The van der Waals surface area contributed by atoms with Crippen molar-refractivity contribution in [2.24, 2.45) is 7.05 Å². The fourth-order valence-electron chi connectivity index (χ4n) is 2.24. The Balaban J connectivity index is 2.32. The molecule has 0 spiro atoms. The minimum absolute atomic E-state index is 0.386. The minimum Gasteiger partial charge on any atom is -0.334 e. The molecular formula is C14H22N4. The monoisotopic (exact) mass is 246 g/mol. The fourth-order valence-corrected chi connectivity index (χ4v) is 2.24. The lowest BCUT2D eigenvalue weighted by molar-refractivity contribution is 0.290. The number of imidazole rings is 1. The summed E-state index contributed by atoms with van der Waals surface area (Å²) in [5.41, 5.74) is 3.56. The van der Waals surface area contributed by atoms with E-state index in [2.05, 4.69) is 54.4 Å². The van der Waals surface area contributed by atoms with Gasteiger partial charge < -0.3 is 14.8 Å². The van der Waals surface area contributed by atoms with E-state index >= 15 is 0 Å². The molecule has 1 heterocycles. The molecule has 1 N–H and O–H groups in total. The number of nitrogens with zero attached hydrogens (tertiary/aromatic N) is 3. The highest BCUT2D eigenvalue weighted by Crippen LogP contribution is 2.22. The number of rotatable bonds is 5. The van der Waals surface area contributed by atoms with Gasteiger partial charge in [0.15, 0.2) is 0 Å². The van der Waals surface area contributed by atoms with E-state index in [1.165, 1.54) is 11.1 Å². The highest BCUT2D eigenvalue weighted by molar-refractivity contribution is 5.76. The number of hydrogen-bond donors (Lipinski definition) is 1. The van der Waals surface area contributed by atoms with Crippen molar-refractivity contribution >= 4 is 11.0 Å². The molecule has 0 aliphatic rings. The standard InChI is InChI=1S/C14H22N4/c1-5-15-9-14(17(2)3)11-6-7-13-12(8-11)16-10-18(13)4/h6-8,10,14-15H,5,9H2,1-4H3. The van der Waals surface area contributed by atoms with Crippen LogP contribution in [0.5, 0.6) is 0 Å². The lowest BCUT2D eigenvalue weighted by Crippen LogP contribution is -2.30. The van der Waals surface area contributed by atoms with Crippen molar-refractivity contribution < 1.29 is 0 Å². The zero-order chi connectivity index (χ0) is 13.1. The number of fused-ring (bicyclic) bond motifs is 1. The van der Waals surface area contributed by atoms with Gasteiger partial charge in [0.25, 0.3) is 0 Å². The second kappa shape index (κ2) is 5.50. The van der Waals surface area contributed by atoms with E-state index in [1.807, 2.05) is 17.9 Å². The molecule has 0 bridgehead atoms. The third-order valence-corrected chi connectivity index (χ3v) is 3.35. The number of aryl methyl sites for hydroxylation is 1. The number of nitrogens with one attached hydrogen (secondary N) is 1. The molecule has 0 radical (unpaired) electrons. The molecule has 2 rings (SSSR count). The summed E-state index contributed by atoms with van der Waals surface area (Å²) in [6.45, 7) is 4.09. The van der Waals surface area contributed by atoms with Crippen molar-refractivity contribution in [3.63, 3.8) is 0 Å². The molecular weight excluding hydrogens is 224 g/mol. The molecule has 0 saturated heterocycles. The molecule has 98 valence electrons. The van der Waals surface area contributed by atoms with Gasteiger partial charge in [-0.1, -0.05) is 13.0 Å². The maximum atomic E-state index is 4.42. The molecule has 4 heteroatoms. The first-order chi connectivity index (χ1) is 8.63. The molecule has 1 aromatic heterocycles. The van der Waals surface area contributed by atoms with E-state index in [4.69, 9.17) is 0 Å². The summed E-state index contributed by atoms with van der Waals surface area (Å²) in [7, 11) is 6.26. The molecule has 0 saturated carbocycles. The lowest BCUT2D eigenvalue weighted by Gasteiger charge is -2.25. The Kier molecular flexibility index (Phi) is 3.99. The van der Waals surface area contributed by atoms with Crippen molar-refractivity contribution in [1.29, 1.82) is 0 Å². The zero-order valence-electron chi connectivity index (χ0n) is 11.6. The highest BCUT2D eigenvalue weighted by Gasteiger charge is 2.14. The quantitative estimate of drug-likeness (QED) is 0.873. The number of aromatic nitrogens is 2. The van der Waals surface area contributed by atoms with Gasteiger partial charge in [0.2, 0.25) is 0 Å². The minimum atomic E-state index is 0.386. The van der Waals surface area contributed by atoms with E-state index < -0.39 is 0 Å². The Morgan fingerprint density at radius 2 is 2.17 bits per heavy atom. The molecule has 1 atom stereocenters. The fraction of sp³-hybridized carbons (Fsp3) is 0.500. The van der Waals surface area contributed by atoms with E-state index in [9.17, 15) is 0 Å². The van der Waals surface area contributed by atoms with Crippen molar-refractivity contribution in [3.05, 3.63) is 30.1 Å². The van der Waals surface area contributed by atoms with Gasteiger partial charge in [-0.3, -0.25) is 0 Å². The van der Waals surface area contributed by atoms with Gasteiger partial charge in [0.05, 0.1) is 17.4 Å². The van der Waals surface area contributed by atoms with Crippen LogP contribution in [0.4, 0.5) is 0 Å². The first-order valence-electron chi connectivity index (χ1n) is 6.41. The molecule has 18 heavy (non-hydrogen) atoms. The summed E-state index contributed by atoms with van der Waals surface area (Å²) in [5.74, 6) is 0. The Hall–Kier alpha value is -1.39. The smallest absolute Gasteiger partial charge is 0.0955 e. The Labute approximate surface area is 109 Å². The van der Waals surface area contributed by atoms with Crippen molar-refractivity contribution in [1.82, 2.24) is 19.8 Å². The topological polar surface area (TPSA) is 33.1 Å². The molecule has 0 aliphatic carbocycles. The molecule has 0 fully saturated rings. The third-order valence-electron chi connectivity index (χ3n) is 3.35. The summed E-state index contributed by atoms with van der Waals surface area (Å²) in [6.07, 6.45) is 1.86.